The predicted octanol–water partition coefficient (Wildman–Crippen LogP) is 0.663. The Kier molecular flexibility index (Phi) is 1.78. The first-order valence-corrected chi connectivity index (χ1v) is 4.00. The lowest BCUT2D eigenvalue weighted by molar-refractivity contribution is 0.0691. The number of hydrogen-bond donors (Lipinski definition) is 2. The summed E-state index contributed by atoms with van der Waals surface area (Å²) in [6.45, 7) is 0. The van der Waals surface area contributed by atoms with Crippen molar-refractivity contribution in [3.63, 3.8) is 0 Å². The summed E-state index contributed by atoms with van der Waals surface area (Å²) in [5.41, 5.74) is 5.69. The molecule has 0 atom stereocenters. The Bertz CT molecular complexity index is 522. The number of nitrogens with zero attached hydrogens (tertiary/aromatic N) is 3. The molecular formula is C7H5ClN4O2. The molecule has 0 aliphatic heterocycles. The Morgan fingerprint density at radius 2 is 2.21 bits per heavy atom. The topological polar surface area (TPSA) is 93.5 Å². The van der Waals surface area contributed by atoms with Crippen molar-refractivity contribution in [1.82, 2.24) is 14.4 Å². The number of imidazole rings is 1. The van der Waals surface area contributed by atoms with Gasteiger partial charge in [0.1, 0.15) is 5.15 Å². The number of carbonyl (C=O) groups is 1. The number of nitrogen functional groups attached to an aromatic ring is 1. The second-order valence-electron chi connectivity index (χ2n) is 2.61. The van der Waals surface area contributed by atoms with E-state index >= 15 is 0 Å². The van der Waals surface area contributed by atoms with Crippen molar-refractivity contribution >= 4 is 29.0 Å². The second-order valence-corrected chi connectivity index (χ2v) is 3.00. The number of carboxylic acids is 1. The molecule has 0 radical (unpaired) electrons. The number of aromatic nitrogens is 3. The van der Waals surface area contributed by atoms with E-state index in [1.165, 1.54) is 16.8 Å². The third-order valence-electron chi connectivity index (χ3n) is 1.65. The Balaban J connectivity index is 2.76. The average Bonchev–Trinajstić information content (AvgIpc) is 2.47. The molecule has 2 rings (SSSR count). The van der Waals surface area contributed by atoms with Crippen molar-refractivity contribution in [1.29, 1.82) is 0 Å². The first-order chi connectivity index (χ1) is 6.58. The summed E-state index contributed by atoms with van der Waals surface area (Å²) in [7, 11) is 0. The van der Waals surface area contributed by atoms with Gasteiger partial charge in [-0.2, -0.15) is 0 Å². The Morgan fingerprint density at radius 1 is 1.50 bits per heavy atom. The number of halogens is 1. The van der Waals surface area contributed by atoms with Crippen LogP contribution in [0, 0.1) is 0 Å². The largest absolute Gasteiger partial charge is 0.476 e. The summed E-state index contributed by atoms with van der Waals surface area (Å²) >= 11 is 5.63. The predicted molar refractivity (Wildman–Crippen MR) is 49.4 cm³/mol. The zero-order valence-corrected chi connectivity index (χ0v) is 7.56. The number of aromatic carboxylic acids is 1. The highest BCUT2D eigenvalue weighted by Gasteiger charge is 2.11. The molecule has 3 N–H and O–H groups in total. The van der Waals surface area contributed by atoms with Crippen molar-refractivity contribution in [3.05, 3.63) is 23.2 Å². The number of fused-ring (bicyclic) bond motifs is 1. The molecule has 0 amide bonds. The molecule has 2 aromatic heterocycles. The molecular weight excluding hydrogens is 208 g/mol. The van der Waals surface area contributed by atoms with Crippen LogP contribution in [0.25, 0.3) is 5.65 Å². The van der Waals surface area contributed by atoms with Gasteiger partial charge in [-0.15, -0.1) is 0 Å². The third-order valence-corrected chi connectivity index (χ3v) is 1.84. The zero-order chi connectivity index (χ0) is 10.3. The summed E-state index contributed by atoms with van der Waals surface area (Å²) in [4.78, 5) is 18.1. The Morgan fingerprint density at radius 3 is 2.86 bits per heavy atom. The van der Waals surface area contributed by atoms with Gasteiger partial charge in [0.15, 0.2) is 17.2 Å². The summed E-state index contributed by atoms with van der Waals surface area (Å²) in [5.74, 6) is -1.02. The van der Waals surface area contributed by atoms with Crippen LogP contribution >= 0.6 is 11.6 Å². The number of nitrogens with two attached hydrogens (primary N) is 1. The Hall–Kier alpha value is -1.82. The highest BCUT2D eigenvalue weighted by Crippen LogP contribution is 2.14. The van der Waals surface area contributed by atoms with Crippen LogP contribution in [0.4, 0.5) is 5.82 Å². The van der Waals surface area contributed by atoms with E-state index in [9.17, 15) is 4.79 Å². The number of carboxylic acid groups (broad SMARTS) is 1. The minimum absolute atomic E-state index is 0.0965. The molecule has 0 bridgehead atoms. The van der Waals surface area contributed by atoms with Gasteiger partial charge in [-0.25, -0.2) is 14.8 Å². The Labute approximate surface area is 83.0 Å². The van der Waals surface area contributed by atoms with E-state index < -0.39 is 5.97 Å². The van der Waals surface area contributed by atoms with E-state index in [1.807, 2.05) is 0 Å². The molecule has 0 aliphatic carbocycles. The summed E-state index contributed by atoms with van der Waals surface area (Å²) < 4.78 is 1.42. The van der Waals surface area contributed by atoms with Crippen molar-refractivity contribution in [2.45, 2.75) is 0 Å². The quantitative estimate of drug-likeness (QED) is 0.724. The van der Waals surface area contributed by atoms with Crippen LogP contribution in [0.1, 0.15) is 10.5 Å². The minimum atomic E-state index is -1.12. The van der Waals surface area contributed by atoms with Gasteiger partial charge in [-0.05, 0) is 0 Å². The van der Waals surface area contributed by atoms with E-state index in [0.717, 1.165) is 0 Å². The maximum absolute atomic E-state index is 10.6. The molecule has 14 heavy (non-hydrogen) atoms. The molecule has 0 aromatic carbocycles. The number of rotatable bonds is 1. The minimum Gasteiger partial charge on any atom is -0.476 e. The zero-order valence-electron chi connectivity index (χ0n) is 6.81. The second kappa shape index (κ2) is 2.85. The van der Waals surface area contributed by atoms with Crippen LogP contribution in [0.3, 0.4) is 0 Å². The van der Waals surface area contributed by atoms with Crippen LogP contribution in [-0.4, -0.2) is 25.4 Å². The van der Waals surface area contributed by atoms with Gasteiger partial charge in [0.05, 0.1) is 0 Å². The highest BCUT2D eigenvalue weighted by molar-refractivity contribution is 6.29. The monoisotopic (exact) mass is 212 g/mol. The normalized spacial score (nSPS) is 10.6. The molecule has 0 saturated heterocycles. The smallest absolute Gasteiger partial charge is 0.356 e. The standard InChI is InChI=1S/C7H5ClN4O2/c8-4-2-12-1-3(7(13)14)10-6(12)5(9)11-4/h1-2H,(H2,9,11)(H,13,14). The van der Waals surface area contributed by atoms with Gasteiger partial charge in [0.25, 0.3) is 0 Å². The molecule has 0 saturated carbocycles. The summed E-state index contributed by atoms with van der Waals surface area (Å²) in [6.07, 6.45) is 2.76. The lowest BCUT2D eigenvalue weighted by Crippen LogP contribution is -1.96. The molecule has 6 nitrogen and oxygen atoms in total. The van der Waals surface area contributed by atoms with E-state index in [-0.39, 0.29) is 22.3 Å². The lowest BCUT2D eigenvalue weighted by Gasteiger charge is -1.96. The molecule has 2 aromatic rings. The summed E-state index contributed by atoms with van der Waals surface area (Å²) in [6, 6.07) is 0. The summed E-state index contributed by atoms with van der Waals surface area (Å²) in [5, 5.41) is 8.86. The first-order valence-electron chi connectivity index (χ1n) is 3.62. The van der Waals surface area contributed by atoms with Crippen LogP contribution in [0.2, 0.25) is 5.15 Å². The molecule has 0 fully saturated rings. The number of anilines is 1. The van der Waals surface area contributed by atoms with Gasteiger partial charge in [-0.1, -0.05) is 11.6 Å². The lowest BCUT2D eigenvalue weighted by atomic mass is 10.5. The van der Waals surface area contributed by atoms with Crippen molar-refractivity contribution in [3.8, 4) is 0 Å². The molecule has 7 heteroatoms. The molecule has 0 aliphatic rings. The number of hydrogen-bond acceptors (Lipinski definition) is 4. The maximum Gasteiger partial charge on any atom is 0.356 e. The molecule has 0 spiro atoms. The molecule has 72 valence electrons. The van der Waals surface area contributed by atoms with Gasteiger partial charge in [0, 0.05) is 12.4 Å². The molecule has 0 unspecified atom stereocenters. The van der Waals surface area contributed by atoms with Gasteiger partial charge in [0.2, 0.25) is 0 Å². The first kappa shape index (κ1) is 8.76. The third kappa shape index (κ3) is 1.25. The molecule has 2 heterocycles. The van der Waals surface area contributed by atoms with Gasteiger partial charge < -0.3 is 15.2 Å². The fourth-order valence-electron chi connectivity index (χ4n) is 1.09. The van der Waals surface area contributed by atoms with Crippen molar-refractivity contribution in [2.75, 3.05) is 5.73 Å². The van der Waals surface area contributed by atoms with Crippen LogP contribution in [-0.2, 0) is 0 Å². The van der Waals surface area contributed by atoms with Crippen molar-refractivity contribution in [2.24, 2.45) is 0 Å². The van der Waals surface area contributed by atoms with E-state index in [4.69, 9.17) is 22.4 Å². The van der Waals surface area contributed by atoms with E-state index in [0.29, 0.717) is 0 Å². The maximum atomic E-state index is 10.6. The fourth-order valence-corrected chi connectivity index (χ4v) is 1.29. The van der Waals surface area contributed by atoms with Gasteiger partial charge in [-0.3, -0.25) is 0 Å². The fraction of sp³-hybridized carbons (Fsp3) is 0. The van der Waals surface area contributed by atoms with Crippen LogP contribution in [0.5, 0.6) is 0 Å². The van der Waals surface area contributed by atoms with E-state index in [1.54, 1.807) is 0 Å². The van der Waals surface area contributed by atoms with Crippen LogP contribution in [0.15, 0.2) is 12.4 Å². The van der Waals surface area contributed by atoms with Crippen LogP contribution < -0.4 is 5.73 Å². The van der Waals surface area contributed by atoms with E-state index in [2.05, 4.69) is 9.97 Å². The van der Waals surface area contributed by atoms with Crippen molar-refractivity contribution < 1.29 is 9.90 Å². The van der Waals surface area contributed by atoms with Gasteiger partial charge >= 0.3 is 5.97 Å². The highest BCUT2D eigenvalue weighted by atomic mass is 35.5. The average molecular weight is 213 g/mol. The SMILES string of the molecule is Nc1nc(Cl)cn2cc(C(=O)O)nc12.